The lowest BCUT2D eigenvalue weighted by Crippen LogP contribution is -2.42. The Bertz CT molecular complexity index is 374. The topological polar surface area (TPSA) is 69.6 Å². The molecule has 0 bridgehead atoms. The van der Waals surface area contributed by atoms with Crippen molar-refractivity contribution in [2.24, 2.45) is 0 Å². The van der Waals surface area contributed by atoms with Crippen molar-refractivity contribution in [2.75, 3.05) is 6.54 Å². The fraction of sp³-hybridized carbons (Fsp3) is 0.500. The van der Waals surface area contributed by atoms with Gasteiger partial charge in [0.25, 0.3) is 0 Å². The number of carbonyl (C=O) groups is 1. The molecule has 18 heavy (non-hydrogen) atoms. The van der Waals surface area contributed by atoms with E-state index in [1.54, 1.807) is 24.3 Å². The molecular weight excluding hydrogens is 230 g/mol. The maximum Gasteiger partial charge on any atom is 0.325 e. The third-order valence-corrected chi connectivity index (χ3v) is 3.33. The quantitative estimate of drug-likeness (QED) is 0.693. The molecule has 1 atom stereocenters. The number of carboxylic acid groups (broad SMARTS) is 1. The van der Waals surface area contributed by atoms with E-state index in [1.807, 2.05) is 19.9 Å². The van der Waals surface area contributed by atoms with Crippen LogP contribution in [-0.2, 0) is 4.79 Å². The van der Waals surface area contributed by atoms with Crippen LogP contribution in [-0.4, -0.2) is 28.3 Å². The van der Waals surface area contributed by atoms with Crippen LogP contribution >= 0.6 is 0 Å². The predicted octanol–water partition coefficient (Wildman–Crippen LogP) is 1.95. The summed E-state index contributed by atoms with van der Waals surface area (Å²) in [5.74, 6) is -0.934. The molecule has 0 amide bonds. The van der Waals surface area contributed by atoms with E-state index in [0.717, 1.165) is 0 Å². The second kappa shape index (κ2) is 6.52. The first-order valence-electron chi connectivity index (χ1n) is 6.26. The standard InChI is InChI=1S/C14H21NO3/c1-3-14(18,4-2)10-15-12(13(16)17)11-8-6-5-7-9-11/h5-9,12,15,18H,3-4,10H2,1-2H3,(H,16,17). The fourth-order valence-electron chi connectivity index (χ4n) is 1.79. The van der Waals surface area contributed by atoms with Crippen molar-refractivity contribution in [3.8, 4) is 0 Å². The van der Waals surface area contributed by atoms with E-state index in [2.05, 4.69) is 5.32 Å². The second-order valence-electron chi connectivity index (χ2n) is 4.49. The smallest absolute Gasteiger partial charge is 0.325 e. The first-order valence-corrected chi connectivity index (χ1v) is 6.26. The van der Waals surface area contributed by atoms with Gasteiger partial charge in [0.05, 0.1) is 5.60 Å². The number of rotatable bonds is 7. The molecule has 0 saturated carbocycles. The molecule has 4 nitrogen and oxygen atoms in total. The van der Waals surface area contributed by atoms with Crippen LogP contribution in [0.15, 0.2) is 30.3 Å². The molecule has 1 aromatic rings. The first kappa shape index (κ1) is 14.7. The van der Waals surface area contributed by atoms with Crippen LogP contribution in [0.2, 0.25) is 0 Å². The van der Waals surface area contributed by atoms with Gasteiger partial charge in [-0.1, -0.05) is 44.2 Å². The van der Waals surface area contributed by atoms with E-state index in [-0.39, 0.29) is 6.54 Å². The van der Waals surface area contributed by atoms with Crippen molar-refractivity contribution in [1.82, 2.24) is 5.32 Å². The average Bonchev–Trinajstić information content (AvgIpc) is 2.39. The SMILES string of the molecule is CCC(O)(CC)CNC(C(=O)O)c1ccccc1. The third-order valence-electron chi connectivity index (χ3n) is 3.33. The van der Waals surface area contributed by atoms with Gasteiger partial charge in [-0.3, -0.25) is 10.1 Å². The molecule has 1 rings (SSSR count). The number of benzene rings is 1. The number of aliphatic carboxylic acids is 1. The minimum absolute atomic E-state index is 0.270. The molecule has 4 heteroatoms. The summed E-state index contributed by atoms with van der Waals surface area (Å²) < 4.78 is 0. The highest BCUT2D eigenvalue weighted by Gasteiger charge is 2.26. The van der Waals surface area contributed by atoms with Crippen LogP contribution in [0.3, 0.4) is 0 Å². The lowest BCUT2D eigenvalue weighted by molar-refractivity contribution is -0.140. The molecule has 3 N–H and O–H groups in total. The van der Waals surface area contributed by atoms with E-state index in [0.29, 0.717) is 18.4 Å². The molecule has 0 aliphatic heterocycles. The monoisotopic (exact) mass is 251 g/mol. The number of nitrogens with one attached hydrogen (secondary N) is 1. The van der Waals surface area contributed by atoms with Gasteiger partial charge in [0.2, 0.25) is 0 Å². The highest BCUT2D eigenvalue weighted by molar-refractivity contribution is 5.75. The Morgan fingerprint density at radius 1 is 1.28 bits per heavy atom. The molecule has 100 valence electrons. The van der Waals surface area contributed by atoms with Crippen LogP contribution in [0.1, 0.15) is 38.3 Å². The molecule has 0 aliphatic carbocycles. The summed E-state index contributed by atoms with van der Waals surface area (Å²) in [7, 11) is 0. The molecular formula is C14H21NO3. The van der Waals surface area contributed by atoms with Crippen LogP contribution in [0.5, 0.6) is 0 Å². The van der Waals surface area contributed by atoms with E-state index in [9.17, 15) is 15.0 Å². The third kappa shape index (κ3) is 3.82. The summed E-state index contributed by atoms with van der Waals surface area (Å²) in [4.78, 5) is 11.2. The van der Waals surface area contributed by atoms with Gasteiger partial charge in [-0.05, 0) is 18.4 Å². The van der Waals surface area contributed by atoms with Crippen LogP contribution in [0, 0.1) is 0 Å². The van der Waals surface area contributed by atoms with Gasteiger partial charge >= 0.3 is 5.97 Å². The number of hydrogen-bond donors (Lipinski definition) is 3. The molecule has 0 saturated heterocycles. The van der Waals surface area contributed by atoms with Crippen molar-refractivity contribution in [1.29, 1.82) is 0 Å². The number of aliphatic hydroxyl groups is 1. The van der Waals surface area contributed by atoms with Crippen molar-refractivity contribution in [2.45, 2.75) is 38.3 Å². The molecule has 0 spiro atoms. The Labute approximate surface area is 108 Å². The Balaban J connectivity index is 2.74. The number of hydrogen-bond acceptors (Lipinski definition) is 3. The second-order valence-corrected chi connectivity index (χ2v) is 4.49. The lowest BCUT2D eigenvalue weighted by atomic mass is 9.96. The summed E-state index contributed by atoms with van der Waals surface area (Å²) >= 11 is 0. The Morgan fingerprint density at radius 3 is 2.28 bits per heavy atom. The molecule has 0 radical (unpaired) electrons. The summed E-state index contributed by atoms with van der Waals surface area (Å²) in [5, 5.41) is 22.3. The molecule has 0 heterocycles. The zero-order chi connectivity index (χ0) is 13.6. The Hall–Kier alpha value is -1.39. The van der Waals surface area contributed by atoms with Crippen LogP contribution < -0.4 is 5.32 Å². The summed E-state index contributed by atoms with van der Waals surface area (Å²) in [6.45, 7) is 4.05. The van der Waals surface area contributed by atoms with Crippen LogP contribution in [0.25, 0.3) is 0 Å². The van der Waals surface area contributed by atoms with Crippen molar-refractivity contribution in [3.63, 3.8) is 0 Å². The zero-order valence-corrected chi connectivity index (χ0v) is 10.9. The maximum absolute atomic E-state index is 11.2. The van der Waals surface area contributed by atoms with Gasteiger partial charge in [0.1, 0.15) is 6.04 Å². The minimum atomic E-state index is -0.934. The largest absolute Gasteiger partial charge is 0.480 e. The first-order chi connectivity index (χ1) is 8.52. The van der Waals surface area contributed by atoms with Gasteiger partial charge in [0, 0.05) is 6.54 Å². The zero-order valence-electron chi connectivity index (χ0n) is 10.9. The predicted molar refractivity (Wildman–Crippen MR) is 70.4 cm³/mol. The molecule has 0 aliphatic rings. The summed E-state index contributed by atoms with van der Waals surface area (Å²) in [5.41, 5.74) is -0.151. The van der Waals surface area contributed by atoms with Gasteiger partial charge in [-0.25, -0.2) is 0 Å². The van der Waals surface area contributed by atoms with Gasteiger partial charge in [-0.2, -0.15) is 0 Å². The lowest BCUT2D eigenvalue weighted by Gasteiger charge is -2.27. The molecule has 1 aromatic carbocycles. The fourth-order valence-corrected chi connectivity index (χ4v) is 1.79. The summed E-state index contributed by atoms with van der Waals surface area (Å²) in [6.07, 6.45) is 1.19. The van der Waals surface area contributed by atoms with Crippen LogP contribution in [0.4, 0.5) is 0 Å². The van der Waals surface area contributed by atoms with E-state index in [4.69, 9.17) is 0 Å². The van der Waals surface area contributed by atoms with E-state index >= 15 is 0 Å². The van der Waals surface area contributed by atoms with Gasteiger partial charge in [-0.15, -0.1) is 0 Å². The maximum atomic E-state index is 11.2. The van der Waals surface area contributed by atoms with Gasteiger partial charge < -0.3 is 10.2 Å². The highest BCUT2D eigenvalue weighted by Crippen LogP contribution is 2.17. The normalized spacial score (nSPS) is 13.3. The Morgan fingerprint density at radius 2 is 1.83 bits per heavy atom. The van der Waals surface area contributed by atoms with Gasteiger partial charge in [0.15, 0.2) is 0 Å². The highest BCUT2D eigenvalue weighted by atomic mass is 16.4. The summed E-state index contributed by atoms with van der Waals surface area (Å²) in [6, 6.07) is 8.20. The molecule has 0 fully saturated rings. The molecule has 1 unspecified atom stereocenters. The Kier molecular flexibility index (Phi) is 5.31. The van der Waals surface area contributed by atoms with E-state index in [1.165, 1.54) is 0 Å². The minimum Gasteiger partial charge on any atom is -0.480 e. The van der Waals surface area contributed by atoms with Crippen molar-refractivity contribution < 1.29 is 15.0 Å². The molecule has 0 aromatic heterocycles. The van der Waals surface area contributed by atoms with Crippen molar-refractivity contribution in [3.05, 3.63) is 35.9 Å². The average molecular weight is 251 g/mol. The van der Waals surface area contributed by atoms with E-state index < -0.39 is 17.6 Å². The number of carboxylic acids is 1. The van der Waals surface area contributed by atoms with Crippen molar-refractivity contribution >= 4 is 5.97 Å².